The van der Waals surface area contributed by atoms with E-state index >= 15 is 0 Å². The number of carbonyl (C=O) groups is 1. The van der Waals surface area contributed by atoms with Crippen molar-refractivity contribution in [3.8, 4) is 0 Å². The van der Waals surface area contributed by atoms with E-state index in [0.717, 1.165) is 24.2 Å². The van der Waals surface area contributed by atoms with E-state index in [9.17, 15) is 4.79 Å². The third-order valence-corrected chi connectivity index (χ3v) is 4.28. The van der Waals surface area contributed by atoms with Gasteiger partial charge in [-0.1, -0.05) is 19.1 Å². The average molecular weight is 305 g/mol. The number of likely N-dealkylation sites (tertiary alicyclic amines) is 1. The summed E-state index contributed by atoms with van der Waals surface area (Å²) in [5, 5.41) is 2.93. The Morgan fingerprint density at radius 1 is 1.33 bits per heavy atom. The van der Waals surface area contributed by atoms with Crippen LogP contribution in [0.4, 0.5) is 5.69 Å². The lowest BCUT2D eigenvalue weighted by atomic mass is 9.95. The van der Waals surface area contributed by atoms with Crippen molar-refractivity contribution >= 4 is 28.8 Å². The number of nitrogens with two attached hydrogens (primary N) is 1. The minimum atomic E-state index is 0.0269. The van der Waals surface area contributed by atoms with Crippen LogP contribution < -0.4 is 11.1 Å². The zero-order valence-electron chi connectivity index (χ0n) is 12.6. The molecule has 21 heavy (non-hydrogen) atoms. The van der Waals surface area contributed by atoms with Crippen LogP contribution in [0.3, 0.4) is 0 Å². The van der Waals surface area contributed by atoms with Gasteiger partial charge in [-0.05, 0) is 49.9 Å². The fraction of sp³-hybridized carbons (Fsp3) is 0.500. The molecule has 1 heterocycles. The van der Waals surface area contributed by atoms with Gasteiger partial charge in [-0.3, -0.25) is 9.69 Å². The number of hydrogen-bond acceptors (Lipinski definition) is 3. The Kier molecular flexibility index (Phi) is 5.31. The standard InChI is InChI=1S/C16H23N3OS/c1-11-3-4-12(2)19(9-11)10-15(20)18-14-7-5-13(6-8-14)16(17)21/h5-8,11-12H,3-4,9-10H2,1-2H3,(H2,17,21)(H,18,20). The molecule has 4 nitrogen and oxygen atoms in total. The summed E-state index contributed by atoms with van der Waals surface area (Å²) < 4.78 is 0. The molecule has 1 aromatic rings. The summed E-state index contributed by atoms with van der Waals surface area (Å²) in [4.78, 5) is 14.8. The second-order valence-electron chi connectivity index (χ2n) is 5.95. The molecular weight excluding hydrogens is 282 g/mol. The summed E-state index contributed by atoms with van der Waals surface area (Å²) in [5.74, 6) is 0.692. The molecule has 2 atom stereocenters. The van der Waals surface area contributed by atoms with E-state index in [4.69, 9.17) is 18.0 Å². The van der Waals surface area contributed by atoms with Crippen molar-refractivity contribution in [3.05, 3.63) is 29.8 Å². The zero-order chi connectivity index (χ0) is 15.4. The normalized spacial score (nSPS) is 22.8. The van der Waals surface area contributed by atoms with Crippen molar-refractivity contribution < 1.29 is 4.79 Å². The van der Waals surface area contributed by atoms with Gasteiger partial charge in [0.2, 0.25) is 5.91 Å². The molecule has 1 amide bonds. The average Bonchev–Trinajstić information content (AvgIpc) is 2.43. The molecule has 0 aromatic heterocycles. The molecule has 1 aliphatic heterocycles. The summed E-state index contributed by atoms with van der Waals surface area (Å²) in [7, 11) is 0. The predicted octanol–water partition coefficient (Wildman–Crippen LogP) is 2.38. The van der Waals surface area contributed by atoms with Gasteiger partial charge in [0.25, 0.3) is 0 Å². The highest BCUT2D eigenvalue weighted by molar-refractivity contribution is 7.80. The molecule has 0 bridgehead atoms. The number of hydrogen-bond donors (Lipinski definition) is 2. The topological polar surface area (TPSA) is 58.4 Å². The largest absolute Gasteiger partial charge is 0.389 e. The van der Waals surface area contributed by atoms with Gasteiger partial charge in [0.1, 0.15) is 4.99 Å². The molecule has 0 aliphatic carbocycles. The van der Waals surface area contributed by atoms with Crippen LogP contribution in [0.1, 0.15) is 32.3 Å². The molecule has 2 unspecified atom stereocenters. The molecule has 5 heteroatoms. The lowest BCUT2D eigenvalue weighted by molar-refractivity contribution is -0.118. The third-order valence-electron chi connectivity index (χ3n) is 4.05. The number of benzene rings is 1. The molecule has 1 aromatic carbocycles. The molecular formula is C16H23N3OS. The zero-order valence-corrected chi connectivity index (χ0v) is 13.5. The number of anilines is 1. The van der Waals surface area contributed by atoms with Crippen LogP contribution in [0.5, 0.6) is 0 Å². The summed E-state index contributed by atoms with van der Waals surface area (Å²) in [6.07, 6.45) is 2.41. The van der Waals surface area contributed by atoms with Crippen molar-refractivity contribution in [2.75, 3.05) is 18.4 Å². The Balaban J connectivity index is 1.90. The van der Waals surface area contributed by atoms with E-state index in [-0.39, 0.29) is 5.91 Å². The summed E-state index contributed by atoms with van der Waals surface area (Å²) in [6.45, 7) is 5.87. The molecule has 1 aliphatic rings. The molecule has 1 fully saturated rings. The molecule has 2 rings (SSSR count). The van der Waals surface area contributed by atoms with Crippen molar-refractivity contribution in [2.24, 2.45) is 11.7 Å². The van der Waals surface area contributed by atoms with Crippen LogP contribution in [-0.4, -0.2) is 34.9 Å². The minimum absolute atomic E-state index is 0.0269. The monoisotopic (exact) mass is 305 g/mol. The second kappa shape index (κ2) is 7.00. The Morgan fingerprint density at radius 2 is 2.00 bits per heavy atom. The number of nitrogens with one attached hydrogen (secondary N) is 1. The van der Waals surface area contributed by atoms with Crippen molar-refractivity contribution in [1.82, 2.24) is 4.90 Å². The Morgan fingerprint density at radius 3 is 2.62 bits per heavy atom. The highest BCUT2D eigenvalue weighted by Gasteiger charge is 2.24. The van der Waals surface area contributed by atoms with Crippen LogP contribution in [0.25, 0.3) is 0 Å². The first-order valence-corrected chi connectivity index (χ1v) is 7.80. The first-order chi connectivity index (χ1) is 9.95. The van der Waals surface area contributed by atoms with Gasteiger partial charge >= 0.3 is 0 Å². The maximum Gasteiger partial charge on any atom is 0.238 e. The number of rotatable bonds is 4. The summed E-state index contributed by atoms with van der Waals surface area (Å²) in [5.41, 5.74) is 7.14. The van der Waals surface area contributed by atoms with Gasteiger partial charge in [-0.25, -0.2) is 0 Å². The SMILES string of the molecule is CC1CCC(C)N(CC(=O)Nc2ccc(C(N)=S)cc2)C1. The fourth-order valence-electron chi connectivity index (χ4n) is 2.70. The van der Waals surface area contributed by atoms with Gasteiger partial charge < -0.3 is 11.1 Å². The van der Waals surface area contributed by atoms with Crippen LogP contribution >= 0.6 is 12.2 Å². The van der Waals surface area contributed by atoms with Crippen LogP contribution in [-0.2, 0) is 4.79 Å². The third kappa shape index (κ3) is 4.51. The van der Waals surface area contributed by atoms with E-state index in [1.165, 1.54) is 6.42 Å². The van der Waals surface area contributed by atoms with Gasteiger partial charge in [-0.15, -0.1) is 0 Å². The van der Waals surface area contributed by atoms with E-state index in [0.29, 0.717) is 23.5 Å². The molecule has 0 spiro atoms. The number of piperidine rings is 1. The second-order valence-corrected chi connectivity index (χ2v) is 6.39. The Hall–Kier alpha value is -1.46. The van der Waals surface area contributed by atoms with Crippen molar-refractivity contribution in [1.29, 1.82) is 0 Å². The molecule has 0 radical (unpaired) electrons. The van der Waals surface area contributed by atoms with Gasteiger partial charge in [0.05, 0.1) is 6.54 Å². The van der Waals surface area contributed by atoms with Crippen molar-refractivity contribution in [3.63, 3.8) is 0 Å². The lowest BCUT2D eigenvalue weighted by Crippen LogP contribution is -2.45. The first kappa shape index (κ1) is 15.9. The predicted molar refractivity (Wildman–Crippen MR) is 90.4 cm³/mol. The maximum atomic E-state index is 12.1. The van der Waals surface area contributed by atoms with Gasteiger partial charge in [0, 0.05) is 23.8 Å². The van der Waals surface area contributed by atoms with Gasteiger partial charge in [-0.2, -0.15) is 0 Å². The Labute approximate surface area is 131 Å². The first-order valence-electron chi connectivity index (χ1n) is 7.39. The quantitative estimate of drug-likeness (QED) is 0.839. The Bertz CT molecular complexity index is 515. The molecule has 1 saturated heterocycles. The van der Waals surface area contributed by atoms with E-state index in [1.54, 1.807) is 0 Å². The summed E-state index contributed by atoms with van der Waals surface area (Å²) >= 11 is 4.91. The smallest absolute Gasteiger partial charge is 0.238 e. The van der Waals surface area contributed by atoms with Crippen LogP contribution in [0.15, 0.2) is 24.3 Å². The highest BCUT2D eigenvalue weighted by atomic mass is 32.1. The number of carbonyl (C=O) groups excluding carboxylic acids is 1. The number of nitrogens with zero attached hydrogens (tertiary/aromatic N) is 1. The lowest BCUT2D eigenvalue weighted by Gasteiger charge is -2.36. The van der Waals surface area contributed by atoms with E-state index in [2.05, 4.69) is 24.1 Å². The van der Waals surface area contributed by atoms with Gasteiger partial charge in [0.15, 0.2) is 0 Å². The molecule has 114 valence electrons. The van der Waals surface area contributed by atoms with Crippen LogP contribution in [0.2, 0.25) is 0 Å². The summed E-state index contributed by atoms with van der Waals surface area (Å²) in [6, 6.07) is 7.78. The van der Waals surface area contributed by atoms with Crippen molar-refractivity contribution in [2.45, 2.75) is 32.7 Å². The minimum Gasteiger partial charge on any atom is -0.389 e. The fourth-order valence-corrected chi connectivity index (χ4v) is 2.84. The number of thiocarbonyl (C=S) groups is 1. The molecule has 3 N–H and O–H groups in total. The highest BCUT2D eigenvalue weighted by Crippen LogP contribution is 2.21. The van der Waals surface area contributed by atoms with Crippen LogP contribution in [0, 0.1) is 5.92 Å². The van der Waals surface area contributed by atoms with E-state index in [1.807, 2.05) is 24.3 Å². The molecule has 0 saturated carbocycles. The number of amides is 1. The maximum absolute atomic E-state index is 12.1. The van der Waals surface area contributed by atoms with E-state index < -0.39 is 0 Å².